The number of benzene rings is 1. The molecule has 0 aliphatic carbocycles. The molecular weight excluding hydrogens is 446 g/mol. The third-order valence-electron chi connectivity index (χ3n) is 5.29. The first-order valence-electron chi connectivity index (χ1n) is 9.43. The van der Waals surface area contributed by atoms with E-state index < -0.39 is 0 Å². The van der Waals surface area contributed by atoms with Gasteiger partial charge in [-0.3, -0.25) is 9.36 Å². The van der Waals surface area contributed by atoms with E-state index in [-0.39, 0.29) is 11.6 Å². The number of aromatic nitrogens is 6. The topological polar surface area (TPSA) is 96.0 Å². The van der Waals surface area contributed by atoms with Crippen molar-refractivity contribution in [2.75, 3.05) is 5.73 Å². The molecule has 0 saturated heterocycles. The summed E-state index contributed by atoms with van der Waals surface area (Å²) in [5.74, 6) is 1.01. The van der Waals surface area contributed by atoms with Crippen molar-refractivity contribution in [1.82, 2.24) is 28.7 Å². The van der Waals surface area contributed by atoms with Crippen molar-refractivity contribution in [2.24, 2.45) is 0 Å². The van der Waals surface area contributed by atoms with Crippen LogP contribution >= 0.6 is 15.9 Å². The fourth-order valence-corrected chi connectivity index (χ4v) is 4.43. The predicted octanol–water partition coefficient (Wildman–Crippen LogP) is 3.24. The number of nitrogens with zero attached hydrogens (tertiary/aromatic N) is 6. The average Bonchev–Trinajstić information content (AvgIpc) is 3.34. The minimum absolute atomic E-state index is 0.0916. The van der Waals surface area contributed by atoms with Crippen molar-refractivity contribution in [3.8, 4) is 0 Å². The SMILES string of the molecule is CC(c1ccccc1)n1c(Cn2cc(Br)c3c(N)ncnc32)nn2cccc2c1=O. The van der Waals surface area contributed by atoms with Gasteiger partial charge in [-0.15, -0.1) is 0 Å². The Bertz CT molecular complexity index is 1430. The molecule has 4 aromatic heterocycles. The first-order chi connectivity index (χ1) is 14.5. The molecule has 0 radical (unpaired) electrons. The quantitative estimate of drug-likeness (QED) is 0.441. The zero-order chi connectivity index (χ0) is 20.8. The molecule has 9 heteroatoms. The van der Waals surface area contributed by atoms with E-state index in [1.807, 2.05) is 54.1 Å². The zero-order valence-electron chi connectivity index (χ0n) is 16.1. The van der Waals surface area contributed by atoms with Crippen molar-refractivity contribution < 1.29 is 0 Å². The molecule has 0 fully saturated rings. The summed E-state index contributed by atoms with van der Waals surface area (Å²) in [5.41, 5.74) is 8.18. The van der Waals surface area contributed by atoms with E-state index in [0.29, 0.717) is 29.4 Å². The van der Waals surface area contributed by atoms with Gasteiger partial charge in [-0.25, -0.2) is 14.5 Å². The molecule has 1 aromatic carbocycles. The van der Waals surface area contributed by atoms with Crippen LogP contribution in [0.1, 0.15) is 24.4 Å². The zero-order valence-corrected chi connectivity index (χ0v) is 17.7. The Morgan fingerprint density at radius 1 is 1.13 bits per heavy atom. The summed E-state index contributed by atoms with van der Waals surface area (Å²) in [6, 6.07) is 13.3. The normalized spacial score (nSPS) is 12.6. The number of fused-ring (bicyclic) bond motifs is 2. The lowest BCUT2D eigenvalue weighted by Crippen LogP contribution is -2.31. The molecule has 1 atom stereocenters. The highest BCUT2D eigenvalue weighted by Gasteiger charge is 2.20. The lowest BCUT2D eigenvalue weighted by molar-refractivity contribution is 0.534. The second-order valence-corrected chi connectivity index (χ2v) is 7.93. The molecule has 5 aromatic rings. The molecule has 5 rings (SSSR count). The summed E-state index contributed by atoms with van der Waals surface area (Å²) in [6.45, 7) is 2.35. The molecule has 1 unspecified atom stereocenters. The van der Waals surface area contributed by atoms with E-state index in [4.69, 9.17) is 10.8 Å². The molecule has 0 saturated carbocycles. The molecular formula is C21H18BrN7O. The van der Waals surface area contributed by atoms with Crippen LogP contribution in [0, 0.1) is 0 Å². The second kappa shape index (κ2) is 7.10. The minimum Gasteiger partial charge on any atom is -0.383 e. The van der Waals surface area contributed by atoms with Crippen molar-refractivity contribution in [2.45, 2.75) is 19.5 Å². The Morgan fingerprint density at radius 3 is 2.73 bits per heavy atom. The number of anilines is 1. The lowest BCUT2D eigenvalue weighted by atomic mass is 10.1. The van der Waals surface area contributed by atoms with Gasteiger partial charge in [-0.05, 0) is 40.5 Å². The molecule has 30 heavy (non-hydrogen) atoms. The van der Waals surface area contributed by atoms with E-state index in [1.54, 1.807) is 21.3 Å². The van der Waals surface area contributed by atoms with Crippen molar-refractivity contribution in [3.63, 3.8) is 0 Å². The van der Waals surface area contributed by atoms with E-state index >= 15 is 0 Å². The molecule has 0 bridgehead atoms. The molecule has 2 N–H and O–H groups in total. The van der Waals surface area contributed by atoms with Gasteiger partial charge in [0.25, 0.3) is 5.56 Å². The van der Waals surface area contributed by atoms with Gasteiger partial charge in [-0.1, -0.05) is 30.3 Å². The maximum absolute atomic E-state index is 13.4. The Labute approximate surface area is 179 Å². The Balaban J connectivity index is 1.71. The number of rotatable bonds is 4. The molecule has 4 heterocycles. The Kier molecular flexibility index (Phi) is 4.39. The lowest BCUT2D eigenvalue weighted by Gasteiger charge is -2.20. The van der Waals surface area contributed by atoms with Crippen LogP contribution < -0.4 is 11.3 Å². The molecule has 0 spiro atoms. The smallest absolute Gasteiger partial charge is 0.278 e. The summed E-state index contributed by atoms with van der Waals surface area (Å²) in [4.78, 5) is 21.8. The summed E-state index contributed by atoms with van der Waals surface area (Å²) in [5, 5.41) is 5.49. The first kappa shape index (κ1) is 18.6. The highest BCUT2D eigenvalue weighted by molar-refractivity contribution is 9.10. The Morgan fingerprint density at radius 2 is 1.93 bits per heavy atom. The largest absolute Gasteiger partial charge is 0.383 e. The summed E-state index contributed by atoms with van der Waals surface area (Å²) < 4.78 is 6.08. The van der Waals surface area contributed by atoms with Crippen molar-refractivity contribution >= 4 is 38.3 Å². The van der Waals surface area contributed by atoms with Crippen LogP contribution in [0.2, 0.25) is 0 Å². The molecule has 8 nitrogen and oxygen atoms in total. The van der Waals surface area contributed by atoms with Crippen LogP contribution in [-0.2, 0) is 6.54 Å². The molecule has 0 aliphatic heterocycles. The highest BCUT2D eigenvalue weighted by Crippen LogP contribution is 2.29. The molecule has 0 amide bonds. The number of nitrogens with two attached hydrogens (primary N) is 1. The van der Waals surface area contributed by atoms with Gasteiger partial charge in [0.1, 0.15) is 23.3 Å². The van der Waals surface area contributed by atoms with Gasteiger partial charge in [0, 0.05) is 16.9 Å². The number of hydrogen-bond acceptors (Lipinski definition) is 5. The summed E-state index contributed by atoms with van der Waals surface area (Å²) >= 11 is 3.54. The van der Waals surface area contributed by atoms with Gasteiger partial charge in [0.2, 0.25) is 0 Å². The number of hydrogen-bond donors (Lipinski definition) is 1. The monoisotopic (exact) mass is 463 g/mol. The van der Waals surface area contributed by atoms with Crippen LogP contribution in [0.4, 0.5) is 5.82 Å². The molecule has 150 valence electrons. The van der Waals surface area contributed by atoms with Crippen LogP contribution in [0.5, 0.6) is 0 Å². The number of nitrogen functional groups attached to an aromatic ring is 1. The van der Waals surface area contributed by atoms with E-state index in [9.17, 15) is 4.79 Å². The van der Waals surface area contributed by atoms with E-state index in [0.717, 1.165) is 15.4 Å². The molecule has 0 aliphatic rings. The second-order valence-electron chi connectivity index (χ2n) is 7.08. The van der Waals surface area contributed by atoms with Crippen LogP contribution in [0.15, 0.2) is 70.5 Å². The first-order valence-corrected chi connectivity index (χ1v) is 10.2. The standard InChI is InChI=1S/C21H18BrN7O/c1-13(14-6-3-2-4-7-14)29-17(26-28-9-5-8-16(28)21(29)30)11-27-10-15(22)18-19(23)24-12-25-20(18)27/h2-10,12-13H,11H2,1H3,(H2,23,24,25). The van der Waals surface area contributed by atoms with Crippen molar-refractivity contribution in [3.05, 3.63) is 87.4 Å². The highest BCUT2D eigenvalue weighted by atomic mass is 79.9. The average molecular weight is 464 g/mol. The van der Waals surface area contributed by atoms with Gasteiger partial charge in [-0.2, -0.15) is 5.10 Å². The van der Waals surface area contributed by atoms with E-state index in [1.165, 1.54) is 6.33 Å². The van der Waals surface area contributed by atoms with Crippen LogP contribution in [0.3, 0.4) is 0 Å². The third kappa shape index (κ3) is 2.89. The van der Waals surface area contributed by atoms with Crippen LogP contribution in [0.25, 0.3) is 16.6 Å². The Hall–Kier alpha value is -3.46. The van der Waals surface area contributed by atoms with Crippen molar-refractivity contribution in [1.29, 1.82) is 0 Å². The van der Waals surface area contributed by atoms with Gasteiger partial charge in [0.15, 0.2) is 5.82 Å². The number of halogens is 1. The maximum Gasteiger partial charge on any atom is 0.278 e. The predicted molar refractivity (Wildman–Crippen MR) is 118 cm³/mol. The van der Waals surface area contributed by atoms with E-state index in [2.05, 4.69) is 25.9 Å². The maximum atomic E-state index is 13.4. The van der Waals surface area contributed by atoms with Crippen LogP contribution in [-0.4, -0.2) is 28.7 Å². The summed E-state index contributed by atoms with van der Waals surface area (Å²) in [7, 11) is 0. The summed E-state index contributed by atoms with van der Waals surface area (Å²) in [6.07, 6.45) is 5.10. The van der Waals surface area contributed by atoms with Gasteiger partial charge in [0.05, 0.1) is 18.0 Å². The van der Waals surface area contributed by atoms with Gasteiger partial charge < -0.3 is 10.3 Å². The minimum atomic E-state index is -0.189. The fraction of sp³-hybridized carbons (Fsp3) is 0.143. The fourth-order valence-electron chi connectivity index (χ4n) is 3.80. The van der Waals surface area contributed by atoms with Gasteiger partial charge >= 0.3 is 0 Å². The third-order valence-corrected chi connectivity index (χ3v) is 5.89.